The first-order valence-corrected chi connectivity index (χ1v) is 6.17. The van der Waals surface area contributed by atoms with Crippen molar-refractivity contribution < 1.29 is 9.47 Å². The Hall–Kier alpha value is -0.120. The summed E-state index contributed by atoms with van der Waals surface area (Å²) in [5.74, 6) is 0. The second-order valence-electron chi connectivity index (χ2n) is 4.57. The quantitative estimate of drug-likeness (QED) is 0.659. The van der Waals surface area contributed by atoms with Gasteiger partial charge in [-0.3, -0.25) is 0 Å². The van der Waals surface area contributed by atoms with Crippen molar-refractivity contribution in [1.82, 2.24) is 5.32 Å². The molecule has 3 nitrogen and oxygen atoms in total. The van der Waals surface area contributed by atoms with Crippen molar-refractivity contribution in [3.8, 4) is 0 Å². The Morgan fingerprint density at radius 1 is 1.27 bits per heavy atom. The fourth-order valence-corrected chi connectivity index (χ4v) is 1.77. The van der Waals surface area contributed by atoms with E-state index >= 15 is 0 Å². The predicted octanol–water partition coefficient (Wildman–Crippen LogP) is 1.96. The van der Waals surface area contributed by atoms with Gasteiger partial charge in [-0.2, -0.15) is 0 Å². The molecule has 1 heterocycles. The summed E-state index contributed by atoms with van der Waals surface area (Å²) in [6.45, 7) is 8.93. The third-order valence-corrected chi connectivity index (χ3v) is 3.04. The van der Waals surface area contributed by atoms with Crippen LogP contribution in [0.5, 0.6) is 0 Å². The van der Waals surface area contributed by atoms with Crippen LogP contribution in [0.4, 0.5) is 0 Å². The Bertz CT molecular complexity index is 156. The molecule has 0 bridgehead atoms. The summed E-state index contributed by atoms with van der Waals surface area (Å²) in [6, 6.07) is 0. The minimum Gasteiger partial charge on any atom is -0.381 e. The smallest absolute Gasteiger partial charge is 0.0591 e. The zero-order chi connectivity index (χ0) is 11.0. The lowest BCUT2D eigenvalue weighted by atomic mass is 9.93. The Balaban J connectivity index is 1.98. The van der Waals surface area contributed by atoms with Crippen molar-refractivity contribution >= 4 is 0 Å². The van der Waals surface area contributed by atoms with Crippen LogP contribution in [0.1, 0.15) is 39.5 Å². The standard InChI is InChI=1S/C12H25NO2/c1-3-4-8-14-11-7-13-12(2)5-9-15-10-6-12/h13H,3-11H2,1-2H3. The van der Waals surface area contributed by atoms with Gasteiger partial charge in [-0.15, -0.1) is 0 Å². The van der Waals surface area contributed by atoms with Gasteiger partial charge in [0.25, 0.3) is 0 Å². The maximum atomic E-state index is 5.52. The van der Waals surface area contributed by atoms with Crippen molar-refractivity contribution in [2.75, 3.05) is 33.0 Å². The number of nitrogens with one attached hydrogen (secondary N) is 1. The maximum absolute atomic E-state index is 5.52. The lowest BCUT2D eigenvalue weighted by Crippen LogP contribution is -2.47. The zero-order valence-corrected chi connectivity index (χ0v) is 10.2. The van der Waals surface area contributed by atoms with E-state index in [2.05, 4.69) is 19.2 Å². The molecular formula is C12H25NO2. The Kier molecular flexibility index (Phi) is 6.22. The molecule has 0 aromatic heterocycles. The number of ether oxygens (including phenoxy) is 2. The van der Waals surface area contributed by atoms with E-state index in [0.717, 1.165) is 45.8 Å². The molecule has 1 fully saturated rings. The van der Waals surface area contributed by atoms with Gasteiger partial charge in [0.1, 0.15) is 0 Å². The van der Waals surface area contributed by atoms with Crippen molar-refractivity contribution in [1.29, 1.82) is 0 Å². The van der Waals surface area contributed by atoms with Gasteiger partial charge >= 0.3 is 0 Å². The van der Waals surface area contributed by atoms with Gasteiger partial charge in [0.2, 0.25) is 0 Å². The summed E-state index contributed by atoms with van der Waals surface area (Å²) in [6.07, 6.45) is 4.61. The minimum absolute atomic E-state index is 0.270. The highest BCUT2D eigenvalue weighted by molar-refractivity contribution is 4.84. The number of unbranched alkanes of at least 4 members (excludes halogenated alkanes) is 1. The third kappa shape index (κ3) is 5.50. The van der Waals surface area contributed by atoms with E-state index in [9.17, 15) is 0 Å². The molecule has 0 atom stereocenters. The molecule has 0 aliphatic carbocycles. The van der Waals surface area contributed by atoms with Crippen molar-refractivity contribution in [3.63, 3.8) is 0 Å². The topological polar surface area (TPSA) is 30.5 Å². The summed E-state index contributed by atoms with van der Waals surface area (Å²) in [7, 11) is 0. The van der Waals surface area contributed by atoms with Gasteiger partial charge in [-0.05, 0) is 26.2 Å². The Labute approximate surface area is 93.5 Å². The van der Waals surface area contributed by atoms with E-state index in [-0.39, 0.29) is 5.54 Å². The molecule has 90 valence electrons. The number of hydrogen-bond donors (Lipinski definition) is 1. The molecule has 1 aliphatic rings. The molecule has 15 heavy (non-hydrogen) atoms. The highest BCUT2D eigenvalue weighted by Gasteiger charge is 2.25. The molecule has 0 radical (unpaired) electrons. The first-order valence-electron chi connectivity index (χ1n) is 6.17. The van der Waals surface area contributed by atoms with Crippen molar-refractivity contribution in [3.05, 3.63) is 0 Å². The van der Waals surface area contributed by atoms with Crippen LogP contribution >= 0.6 is 0 Å². The van der Waals surface area contributed by atoms with E-state index in [1.807, 2.05) is 0 Å². The van der Waals surface area contributed by atoms with Crippen molar-refractivity contribution in [2.45, 2.75) is 45.1 Å². The second kappa shape index (κ2) is 7.20. The summed E-state index contributed by atoms with van der Waals surface area (Å²) in [4.78, 5) is 0. The van der Waals surface area contributed by atoms with Gasteiger partial charge < -0.3 is 14.8 Å². The first kappa shape index (κ1) is 12.9. The SMILES string of the molecule is CCCCOCCNC1(C)CCOCC1. The summed E-state index contributed by atoms with van der Waals surface area (Å²) < 4.78 is 10.9. The van der Waals surface area contributed by atoms with Crippen molar-refractivity contribution in [2.24, 2.45) is 0 Å². The highest BCUT2D eigenvalue weighted by atomic mass is 16.5. The van der Waals surface area contributed by atoms with E-state index in [1.165, 1.54) is 12.8 Å². The van der Waals surface area contributed by atoms with Gasteiger partial charge in [-0.1, -0.05) is 13.3 Å². The lowest BCUT2D eigenvalue weighted by molar-refractivity contribution is 0.0402. The zero-order valence-electron chi connectivity index (χ0n) is 10.2. The van der Waals surface area contributed by atoms with Crippen LogP contribution in [0.25, 0.3) is 0 Å². The first-order chi connectivity index (χ1) is 7.27. The summed E-state index contributed by atoms with van der Waals surface area (Å²) >= 11 is 0. The minimum atomic E-state index is 0.270. The van der Waals surface area contributed by atoms with Crippen LogP contribution in [0.2, 0.25) is 0 Å². The molecule has 1 aliphatic heterocycles. The van der Waals surface area contributed by atoms with E-state index in [0.29, 0.717) is 0 Å². The molecule has 1 N–H and O–H groups in total. The number of hydrogen-bond acceptors (Lipinski definition) is 3. The summed E-state index contributed by atoms with van der Waals surface area (Å²) in [5, 5.41) is 3.57. The van der Waals surface area contributed by atoms with E-state index in [4.69, 9.17) is 9.47 Å². The van der Waals surface area contributed by atoms with Gasteiger partial charge in [0.15, 0.2) is 0 Å². The summed E-state index contributed by atoms with van der Waals surface area (Å²) in [5.41, 5.74) is 0.270. The predicted molar refractivity (Wildman–Crippen MR) is 62.2 cm³/mol. The van der Waals surface area contributed by atoms with E-state index in [1.54, 1.807) is 0 Å². The van der Waals surface area contributed by atoms with Crippen LogP contribution in [0.3, 0.4) is 0 Å². The Morgan fingerprint density at radius 3 is 2.67 bits per heavy atom. The maximum Gasteiger partial charge on any atom is 0.0591 e. The molecule has 1 saturated heterocycles. The molecular weight excluding hydrogens is 190 g/mol. The second-order valence-corrected chi connectivity index (χ2v) is 4.57. The monoisotopic (exact) mass is 215 g/mol. The molecule has 0 amide bonds. The Morgan fingerprint density at radius 2 is 2.00 bits per heavy atom. The average Bonchev–Trinajstić information content (AvgIpc) is 2.24. The van der Waals surface area contributed by atoms with E-state index < -0.39 is 0 Å². The molecule has 0 unspecified atom stereocenters. The molecule has 0 spiro atoms. The van der Waals surface area contributed by atoms with Crippen LogP contribution < -0.4 is 5.32 Å². The van der Waals surface area contributed by atoms with Crippen LogP contribution in [-0.4, -0.2) is 38.5 Å². The van der Waals surface area contributed by atoms with Crippen LogP contribution in [-0.2, 0) is 9.47 Å². The fourth-order valence-electron chi connectivity index (χ4n) is 1.77. The van der Waals surface area contributed by atoms with Crippen LogP contribution in [0, 0.1) is 0 Å². The number of rotatable bonds is 7. The molecule has 3 heteroatoms. The largest absolute Gasteiger partial charge is 0.381 e. The van der Waals surface area contributed by atoms with Gasteiger partial charge in [-0.25, -0.2) is 0 Å². The third-order valence-electron chi connectivity index (χ3n) is 3.04. The van der Waals surface area contributed by atoms with Crippen LogP contribution in [0.15, 0.2) is 0 Å². The molecule has 1 rings (SSSR count). The lowest BCUT2D eigenvalue weighted by Gasteiger charge is -2.34. The molecule has 0 saturated carbocycles. The van der Waals surface area contributed by atoms with Gasteiger partial charge in [0.05, 0.1) is 6.61 Å². The molecule has 0 aromatic carbocycles. The highest BCUT2D eigenvalue weighted by Crippen LogP contribution is 2.18. The fraction of sp³-hybridized carbons (Fsp3) is 1.00. The average molecular weight is 215 g/mol. The molecule has 0 aromatic rings. The van der Waals surface area contributed by atoms with Gasteiger partial charge in [0, 0.05) is 31.9 Å². The normalized spacial score (nSPS) is 20.4.